The van der Waals surface area contributed by atoms with Crippen LogP contribution in [0.3, 0.4) is 0 Å². The van der Waals surface area contributed by atoms with E-state index in [1.807, 2.05) is 41.3 Å². The molecule has 2 aromatic carbocycles. The maximum atomic E-state index is 13.0. The van der Waals surface area contributed by atoms with Crippen LogP contribution >= 0.6 is 0 Å². The lowest BCUT2D eigenvalue weighted by atomic mass is 9.99. The van der Waals surface area contributed by atoms with Gasteiger partial charge in [0.2, 0.25) is 5.91 Å². The van der Waals surface area contributed by atoms with Crippen LogP contribution in [0.5, 0.6) is 0 Å². The molecule has 0 spiro atoms. The van der Waals surface area contributed by atoms with E-state index in [2.05, 4.69) is 25.2 Å². The molecule has 4 nitrogen and oxygen atoms in total. The number of hydrogen-bond donors (Lipinski definition) is 1. The summed E-state index contributed by atoms with van der Waals surface area (Å²) in [6, 6.07) is 17.2. The first-order valence-corrected chi connectivity index (χ1v) is 8.24. The number of nitriles is 1. The molecule has 0 fully saturated rings. The zero-order valence-electron chi connectivity index (χ0n) is 14.0. The molecule has 1 amide bonds. The van der Waals surface area contributed by atoms with Gasteiger partial charge in [-0.2, -0.15) is 5.26 Å². The molecule has 2 aromatic rings. The predicted octanol–water partition coefficient (Wildman–Crippen LogP) is 3.93. The fourth-order valence-electron chi connectivity index (χ4n) is 3.05. The van der Waals surface area contributed by atoms with Gasteiger partial charge < -0.3 is 10.2 Å². The molecule has 122 valence electrons. The fourth-order valence-corrected chi connectivity index (χ4v) is 3.05. The first-order valence-electron chi connectivity index (χ1n) is 8.24. The van der Waals surface area contributed by atoms with Crippen molar-refractivity contribution in [3.63, 3.8) is 0 Å². The number of amides is 1. The third kappa shape index (κ3) is 3.26. The molecule has 0 bridgehead atoms. The van der Waals surface area contributed by atoms with E-state index in [0.717, 1.165) is 23.4 Å². The molecule has 24 heavy (non-hydrogen) atoms. The average molecular weight is 319 g/mol. The number of hydrogen-bond acceptors (Lipinski definition) is 3. The molecule has 4 heteroatoms. The van der Waals surface area contributed by atoms with Crippen LogP contribution in [-0.2, 0) is 11.3 Å². The van der Waals surface area contributed by atoms with Gasteiger partial charge in [0.25, 0.3) is 0 Å². The summed E-state index contributed by atoms with van der Waals surface area (Å²) >= 11 is 0. The van der Waals surface area contributed by atoms with E-state index < -0.39 is 0 Å². The van der Waals surface area contributed by atoms with Crippen LogP contribution in [-0.4, -0.2) is 11.9 Å². The van der Waals surface area contributed by atoms with Crippen LogP contribution in [0.1, 0.15) is 31.4 Å². The van der Waals surface area contributed by atoms with Crippen molar-refractivity contribution >= 4 is 17.3 Å². The summed E-state index contributed by atoms with van der Waals surface area (Å²) in [5.41, 5.74) is 3.55. The molecule has 0 saturated heterocycles. The maximum Gasteiger partial charge on any atom is 0.249 e. The summed E-state index contributed by atoms with van der Waals surface area (Å²) in [4.78, 5) is 14.8. The second-order valence-corrected chi connectivity index (χ2v) is 6.58. The van der Waals surface area contributed by atoms with Crippen molar-refractivity contribution in [3.8, 4) is 6.07 Å². The highest BCUT2D eigenvalue weighted by Gasteiger charge is 2.32. The van der Waals surface area contributed by atoms with Crippen LogP contribution in [0.2, 0.25) is 0 Å². The molecule has 1 unspecified atom stereocenters. The number of benzene rings is 2. The molecular weight excluding hydrogens is 298 g/mol. The van der Waals surface area contributed by atoms with Crippen molar-refractivity contribution in [1.82, 2.24) is 0 Å². The van der Waals surface area contributed by atoms with Gasteiger partial charge in [-0.3, -0.25) is 4.79 Å². The minimum Gasteiger partial charge on any atom is -0.372 e. The third-order valence-corrected chi connectivity index (χ3v) is 4.22. The highest BCUT2D eigenvalue weighted by molar-refractivity contribution is 6.04. The second-order valence-electron chi connectivity index (χ2n) is 6.58. The van der Waals surface area contributed by atoms with Crippen LogP contribution < -0.4 is 10.2 Å². The van der Waals surface area contributed by atoms with E-state index >= 15 is 0 Å². The summed E-state index contributed by atoms with van der Waals surface area (Å²) < 4.78 is 0. The zero-order valence-corrected chi connectivity index (χ0v) is 14.0. The summed E-state index contributed by atoms with van der Waals surface area (Å²) in [5, 5.41) is 12.3. The van der Waals surface area contributed by atoms with E-state index in [1.54, 1.807) is 12.1 Å². The van der Waals surface area contributed by atoms with Gasteiger partial charge in [0.05, 0.1) is 29.6 Å². The third-order valence-electron chi connectivity index (χ3n) is 4.22. The van der Waals surface area contributed by atoms with E-state index in [-0.39, 0.29) is 11.9 Å². The summed E-state index contributed by atoms with van der Waals surface area (Å²) in [5.74, 6) is 0.542. The van der Waals surface area contributed by atoms with E-state index in [0.29, 0.717) is 18.0 Å². The SMILES string of the molecule is CC(C)CC1Nc2ccccc2N(Cc2ccc(C#N)cc2)C1=O. The zero-order chi connectivity index (χ0) is 17.1. The van der Waals surface area contributed by atoms with E-state index in [4.69, 9.17) is 5.26 Å². The molecule has 1 N–H and O–H groups in total. The number of nitrogens with one attached hydrogen (secondary N) is 1. The van der Waals surface area contributed by atoms with Gasteiger partial charge >= 0.3 is 0 Å². The Morgan fingerprint density at radius 1 is 1.17 bits per heavy atom. The number of anilines is 2. The predicted molar refractivity (Wildman–Crippen MR) is 95.7 cm³/mol. The fraction of sp³-hybridized carbons (Fsp3) is 0.300. The number of carbonyl (C=O) groups excluding carboxylic acids is 1. The van der Waals surface area contributed by atoms with Crippen molar-refractivity contribution in [2.24, 2.45) is 5.92 Å². The minimum absolute atomic E-state index is 0.103. The van der Waals surface area contributed by atoms with Crippen molar-refractivity contribution in [2.45, 2.75) is 32.9 Å². The molecular formula is C20H21N3O. The highest BCUT2D eigenvalue weighted by atomic mass is 16.2. The topological polar surface area (TPSA) is 56.1 Å². The van der Waals surface area contributed by atoms with Gasteiger partial charge in [-0.25, -0.2) is 0 Å². The normalized spacial score (nSPS) is 16.5. The molecule has 1 atom stereocenters. The Hall–Kier alpha value is -2.80. The summed E-state index contributed by atoms with van der Waals surface area (Å²) in [6.07, 6.45) is 0.803. The molecule has 0 aliphatic carbocycles. The average Bonchev–Trinajstić information content (AvgIpc) is 2.58. The van der Waals surface area contributed by atoms with E-state index in [9.17, 15) is 4.79 Å². The second kappa shape index (κ2) is 6.76. The quantitative estimate of drug-likeness (QED) is 0.929. The Balaban J connectivity index is 1.91. The lowest BCUT2D eigenvalue weighted by Crippen LogP contribution is -2.47. The molecule has 0 radical (unpaired) electrons. The largest absolute Gasteiger partial charge is 0.372 e. The molecule has 0 aromatic heterocycles. The van der Waals surface area contributed by atoms with Gasteiger partial charge in [-0.1, -0.05) is 38.1 Å². The van der Waals surface area contributed by atoms with Crippen LogP contribution in [0.15, 0.2) is 48.5 Å². The van der Waals surface area contributed by atoms with E-state index in [1.165, 1.54) is 0 Å². The number of carbonyl (C=O) groups is 1. The monoisotopic (exact) mass is 319 g/mol. The van der Waals surface area contributed by atoms with Crippen molar-refractivity contribution in [1.29, 1.82) is 5.26 Å². The Labute approximate surface area is 142 Å². The number of para-hydroxylation sites is 2. The molecule has 3 rings (SSSR count). The molecule has 1 aliphatic rings. The lowest BCUT2D eigenvalue weighted by molar-refractivity contribution is -0.120. The van der Waals surface area contributed by atoms with Gasteiger partial charge in [-0.05, 0) is 42.2 Å². The Morgan fingerprint density at radius 2 is 1.88 bits per heavy atom. The Kier molecular flexibility index (Phi) is 4.52. The number of nitrogens with zero attached hydrogens (tertiary/aromatic N) is 2. The molecule has 1 heterocycles. The van der Waals surface area contributed by atoms with Crippen LogP contribution in [0.25, 0.3) is 0 Å². The Morgan fingerprint density at radius 3 is 2.54 bits per heavy atom. The minimum atomic E-state index is -0.196. The van der Waals surface area contributed by atoms with Crippen molar-refractivity contribution < 1.29 is 4.79 Å². The van der Waals surface area contributed by atoms with Gasteiger partial charge in [0.15, 0.2) is 0 Å². The Bertz CT molecular complexity index is 774. The lowest BCUT2D eigenvalue weighted by Gasteiger charge is -2.36. The van der Waals surface area contributed by atoms with Gasteiger partial charge in [0, 0.05) is 0 Å². The smallest absolute Gasteiger partial charge is 0.249 e. The summed E-state index contributed by atoms with van der Waals surface area (Å²) in [7, 11) is 0. The van der Waals surface area contributed by atoms with Gasteiger partial charge in [0.1, 0.15) is 6.04 Å². The number of rotatable bonds is 4. The number of fused-ring (bicyclic) bond motifs is 1. The molecule has 1 aliphatic heterocycles. The van der Waals surface area contributed by atoms with Crippen molar-refractivity contribution in [2.75, 3.05) is 10.2 Å². The maximum absolute atomic E-state index is 13.0. The van der Waals surface area contributed by atoms with Gasteiger partial charge in [-0.15, -0.1) is 0 Å². The summed E-state index contributed by atoms with van der Waals surface area (Å²) in [6.45, 7) is 4.76. The van der Waals surface area contributed by atoms with Crippen LogP contribution in [0, 0.1) is 17.2 Å². The standard InChI is InChI=1S/C20H21N3O/c1-14(2)11-18-20(24)23(19-6-4-3-5-17(19)22-18)13-16-9-7-15(12-21)8-10-16/h3-10,14,18,22H,11,13H2,1-2H3. The molecule has 0 saturated carbocycles. The first-order chi connectivity index (χ1) is 11.6. The highest BCUT2D eigenvalue weighted by Crippen LogP contribution is 2.33. The van der Waals surface area contributed by atoms with Crippen molar-refractivity contribution in [3.05, 3.63) is 59.7 Å². The first kappa shape index (κ1) is 16.1. The van der Waals surface area contributed by atoms with Crippen LogP contribution in [0.4, 0.5) is 11.4 Å².